The Kier molecular flexibility index (Phi) is 3.82. The van der Waals surface area contributed by atoms with Gasteiger partial charge in [0.15, 0.2) is 0 Å². The third kappa shape index (κ3) is 3.34. The van der Waals surface area contributed by atoms with Gasteiger partial charge in [-0.2, -0.15) is 0 Å². The Labute approximate surface area is 88.6 Å². The molecular formula is C10H16N2O3. The Hall–Kier alpha value is -1.39. The lowest BCUT2D eigenvalue weighted by atomic mass is 9.97. The first-order valence-corrected chi connectivity index (χ1v) is 5.07. The average molecular weight is 212 g/mol. The normalized spacial score (nSPS) is 21.1. The number of carbonyl (C=O) groups is 3. The molecule has 0 spiro atoms. The van der Waals surface area contributed by atoms with Gasteiger partial charge in [-0.25, -0.2) is 0 Å². The number of primary amides is 1. The molecule has 2 N–H and O–H groups in total. The van der Waals surface area contributed by atoms with Crippen LogP contribution in [0.1, 0.15) is 26.2 Å². The molecule has 15 heavy (non-hydrogen) atoms. The summed E-state index contributed by atoms with van der Waals surface area (Å²) >= 11 is 0. The number of ketones is 1. The minimum atomic E-state index is -0.365. The van der Waals surface area contributed by atoms with Crippen molar-refractivity contribution in [1.29, 1.82) is 0 Å². The number of nitrogens with two attached hydrogens (primary N) is 1. The molecule has 0 saturated carbocycles. The van der Waals surface area contributed by atoms with E-state index in [0.717, 1.165) is 12.8 Å². The second-order valence-electron chi connectivity index (χ2n) is 3.96. The molecule has 1 atom stereocenters. The van der Waals surface area contributed by atoms with Crippen LogP contribution in [0.25, 0.3) is 0 Å². The third-order valence-electron chi connectivity index (χ3n) is 2.58. The standard InChI is InChI=1S/C10H16N2O3/c1-7(13)5-9(14)12-4-2-3-8(6-12)10(11)15/h8H,2-6H2,1H3,(H2,11,15). The van der Waals surface area contributed by atoms with Crippen LogP contribution in [0.3, 0.4) is 0 Å². The maximum Gasteiger partial charge on any atom is 0.230 e. The molecule has 2 amide bonds. The van der Waals surface area contributed by atoms with E-state index in [2.05, 4.69) is 0 Å². The Balaban J connectivity index is 2.52. The van der Waals surface area contributed by atoms with Crippen LogP contribution in [0.15, 0.2) is 0 Å². The van der Waals surface area contributed by atoms with E-state index in [0.29, 0.717) is 13.1 Å². The number of piperidine rings is 1. The van der Waals surface area contributed by atoms with Crippen LogP contribution in [0, 0.1) is 5.92 Å². The Morgan fingerprint density at radius 3 is 2.60 bits per heavy atom. The van der Waals surface area contributed by atoms with Gasteiger partial charge in [0.1, 0.15) is 5.78 Å². The second-order valence-corrected chi connectivity index (χ2v) is 3.96. The summed E-state index contributed by atoms with van der Waals surface area (Å²) < 4.78 is 0. The smallest absolute Gasteiger partial charge is 0.230 e. The van der Waals surface area contributed by atoms with Gasteiger partial charge in [-0.05, 0) is 19.8 Å². The van der Waals surface area contributed by atoms with Crippen molar-refractivity contribution < 1.29 is 14.4 Å². The SMILES string of the molecule is CC(=O)CC(=O)N1CCCC(C(N)=O)C1. The lowest BCUT2D eigenvalue weighted by Gasteiger charge is -2.31. The van der Waals surface area contributed by atoms with E-state index in [1.807, 2.05) is 0 Å². The monoisotopic (exact) mass is 212 g/mol. The van der Waals surface area contributed by atoms with Crippen LogP contribution < -0.4 is 5.73 Å². The predicted octanol–water partition coefficient (Wildman–Crippen LogP) is -0.311. The molecule has 0 aromatic heterocycles. The van der Waals surface area contributed by atoms with Crippen molar-refractivity contribution in [3.8, 4) is 0 Å². The van der Waals surface area contributed by atoms with Crippen LogP contribution in [0.4, 0.5) is 0 Å². The summed E-state index contributed by atoms with van der Waals surface area (Å²) in [6.45, 7) is 2.37. The number of carbonyl (C=O) groups excluding carboxylic acids is 3. The lowest BCUT2D eigenvalue weighted by molar-refractivity contribution is -0.137. The molecule has 0 radical (unpaired) electrons. The van der Waals surface area contributed by atoms with Crippen LogP contribution in [0.5, 0.6) is 0 Å². The molecule has 1 aliphatic heterocycles. The van der Waals surface area contributed by atoms with Crippen LogP contribution >= 0.6 is 0 Å². The number of nitrogens with zero attached hydrogens (tertiary/aromatic N) is 1. The highest BCUT2D eigenvalue weighted by Gasteiger charge is 2.27. The largest absolute Gasteiger partial charge is 0.369 e. The lowest BCUT2D eigenvalue weighted by Crippen LogP contribution is -2.44. The summed E-state index contributed by atoms with van der Waals surface area (Å²) in [6.07, 6.45) is 1.43. The molecule has 1 aliphatic rings. The molecular weight excluding hydrogens is 196 g/mol. The van der Waals surface area contributed by atoms with Crippen molar-refractivity contribution in [2.24, 2.45) is 11.7 Å². The van der Waals surface area contributed by atoms with E-state index >= 15 is 0 Å². The number of hydrogen-bond donors (Lipinski definition) is 1. The van der Waals surface area contributed by atoms with Crippen LogP contribution in [0.2, 0.25) is 0 Å². The van der Waals surface area contributed by atoms with E-state index < -0.39 is 0 Å². The zero-order valence-corrected chi connectivity index (χ0v) is 8.86. The third-order valence-corrected chi connectivity index (χ3v) is 2.58. The Morgan fingerprint density at radius 2 is 2.07 bits per heavy atom. The van der Waals surface area contributed by atoms with Gasteiger partial charge in [0.05, 0.1) is 12.3 Å². The number of Topliss-reactive ketones (excluding diaryl/α,β-unsaturated/α-hetero) is 1. The quantitative estimate of drug-likeness (QED) is 0.651. The predicted molar refractivity (Wildman–Crippen MR) is 53.8 cm³/mol. The second kappa shape index (κ2) is 4.91. The van der Waals surface area contributed by atoms with Gasteiger partial charge in [0.25, 0.3) is 0 Å². The van der Waals surface area contributed by atoms with E-state index in [4.69, 9.17) is 5.73 Å². The van der Waals surface area contributed by atoms with Gasteiger partial charge >= 0.3 is 0 Å². The molecule has 1 rings (SSSR count). The molecule has 1 heterocycles. The van der Waals surface area contributed by atoms with Crippen molar-refractivity contribution in [1.82, 2.24) is 4.90 Å². The molecule has 0 aliphatic carbocycles. The summed E-state index contributed by atoms with van der Waals surface area (Å²) in [6, 6.07) is 0. The molecule has 1 fully saturated rings. The maximum atomic E-state index is 11.5. The molecule has 0 aromatic rings. The molecule has 5 nitrogen and oxygen atoms in total. The van der Waals surface area contributed by atoms with Gasteiger partial charge in [0.2, 0.25) is 11.8 Å². The van der Waals surface area contributed by atoms with Gasteiger partial charge in [-0.15, -0.1) is 0 Å². The first kappa shape index (κ1) is 11.7. The number of rotatable bonds is 3. The minimum Gasteiger partial charge on any atom is -0.369 e. The molecule has 0 bridgehead atoms. The summed E-state index contributed by atoms with van der Waals surface area (Å²) in [5, 5.41) is 0. The maximum absolute atomic E-state index is 11.5. The molecule has 1 saturated heterocycles. The molecule has 5 heteroatoms. The van der Waals surface area contributed by atoms with E-state index in [-0.39, 0.29) is 29.9 Å². The number of amides is 2. The number of hydrogen-bond acceptors (Lipinski definition) is 3. The topological polar surface area (TPSA) is 80.5 Å². The van der Waals surface area contributed by atoms with Gasteiger partial charge in [-0.3, -0.25) is 14.4 Å². The molecule has 0 aromatic carbocycles. The van der Waals surface area contributed by atoms with Crippen molar-refractivity contribution in [2.75, 3.05) is 13.1 Å². The van der Waals surface area contributed by atoms with E-state index in [9.17, 15) is 14.4 Å². The van der Waals surface area contributed by atoms with Gasteiger partial charge in [0, 0.05) is 13.1 Å². The van der Waals surface area contributed by atoms with Crippen LogP contribution in [-0.4, -0.2) is 35.6 Å². The fraction of sp³-hybridized carbons (Fsp3) is 0.700. The zero-order valence-electron chi connectivity index (χ0n) is 8.86. The molecule has 1 unspecified atom stereocenters. The minimum absolute atomic E-state index is 0.0779. The van der Waals surface area contributed by atoms with Crippen LogP contribution in [-0.2, 0) is 14.4 Å². The van der Waals surface area contributed by atoms with Crippen molar-refractivity contribution in [3.05, 3.63) is 0 Å². The number of likely N-dealkylation sites (tertiary alicyclic amines) is 1. The fourth-order valence-electron chi connectivity index (χ4n) is 1.76. The highest BCUT2D eigenvalue weighted by Crippen LogP contribution is 2.16. The molecule has 84 valence electrons. The van der Waals surface area contributed by atoms with E-state index in [1.165, 1.54) is 6.92 Å². The van der Waals surface area contributed by atoms with Crippen molar-refractivity contribution in [2.45, 2.75) is 26.2 Å². The average Bonchev–Trinajstić information content (AvgIpc) is 2.17. The highest BCUT2D eigenvalue weighted by atomic mass is 16.2. The van der Waals surface area contributed by atoms with Gasteiger partial charge in [-0.1, -0.05) is 0 Å². The Bertz CT molecular complexity index is 288. The summed E-state index contributed by atoms with van der Waals surface area (Å²) in [4.78, 5) is 34.8. The first-order valence-electron chi connectivity index (χ1n) is 5.07. The van der Waals surface area contributed by atoms with Crippen molar-refractivity contribution >= 4 is 17.6 Å². The van der Waals surface area contributed by atoms with E-state index in [1.54, 1.807) is 4.90 Å². The fourth-order valence-corrected chi connectivity index (χ4v) is 1.76. The first-order chi connectivity index (χ1) is 7.00. The zero-order chi connectivity index (χ0) is 11.4. The highest BCUT2D eigenvalue weighted by molar-refractivity contribution is 5.97. The summed E-state index contributed by atoms with van der Waals surface area (Å²) in [7, 11) is 0. The van der Waals surface area contributed by atoms with Crippen molar-refractivity contribution in [3.63, 3.8) is 0 Å². The van der Waals surface area contributed by atoms with Gasteiger partial charge < -0.3 is 10.6 Å². The summed E-state index contributed by atoms with van der Waals surface area (Å²) in [5.41, 5.74) is 5.19. The Morgan fingerprint density at radius 1 is 1.40 bits per heavy atom. The summed E-state index contributed by atoms with van der Waals surface area (Å²) in [5.74, 6) is -0.973.